The number of nitrogens with one attached hydrogen (secondary N) is 1. The van der Waals surface area contributed by atoms with Crippen LogP contribution in [0.1, 0.15) is 36.7 Å². The van der Waals surface area contributed by atoms with E-state index in [2.05, 4.69) is 12.2 Å². The summed E-state index contributed by atoms with van der Waals surface area (Å²) in [6, 6.07) is 3.65. The van der Waals surface area contributed by atoms with E-state index >= 15 is 0 Å². The van der Waals surface area contributed by atoms with Crippen molar-refractivity contribution in [3.63, 3.8) is 0 Å². The normalized spacial score (nSPS) is 19.1. The zero-order valence-electron chi connectivity index (χ0n) is 10.6. The molecule has 0 saturated carbocycles. The van der Waals surface area contributed by atoms with Gasteiger partial charge in [0, 0.05) is 19.1 Å². The van der Waals surface area contributed by atoms with Crippen molar-refractivity contribution in [1.82, 2.24) is 10.2 Å². The highest BCUT2D eigenvalue weighted by Gasteiger charge is 2.23. The smallest absolute Gasteiger partial charge is 0.289 e. The summed E-state index contributed by atoms with van der Waals surface area (Å²) in [6.45, 7) is 4.60. The third-order valence-electron chi connectivity index (χ3n) is 3.17. The van der Waals surface area contributed by atoms with Gasteiger partial charge in [0.15, 0.2) is 11.0 Å². The third kappa shape index (κ3) is 3.27. The quantitative estimate of drug-likeness (QED) is 0.894. The molecule has 100 valence electrons. The number of rotatable bonds is 5. The van der Waals surface area contributed by atoms with Crippen molar-refractivity contribution < 1.29 is 9.21 Å². The van der Waals surface area contributed by atoms with Crippen LogP contribution in [-0.4, -0.2) is 36.5 Å². The Morgan fingerprint density at radius 2 is 2.44 bits per heavy atom. The van der Waals surface area contributed by atoms with Crippen molar-refractivity contribution in [2.24, 2.45) is 0 Å². The van der Waals surface area contributed by atoms with Gasteiger partial charge in [0.1, 0.15) is 0 Å². The van der Waals surface area contributed by atoms with Gasteiger partial charge >= 0.3 is 0 Å². The van der Waals surface area contributed by atoms with Crippen LogP contribution >= 0.6 is 11.6 Å². The van der Waals surface area contributed by atoms with E-state index in [1.54, 1.807) is 12.1 Å². The van der Waals surface area contributed by atoms with Gasteiger partial charge in [-0.3, -0.25) is 4.79 Å². The van der Waals surface area contributed by atoms with Gasteiger partial charge in [0.2, 0.25) is 0 Å². The van der Waals surface area contributed by atoms with Gasteiger partial charge in [0.25, 0.3) is 5.91 Å². The summed E-state index contributed by atoms with van der Waals surface area (Å²) in [5, 5.41) is 3.66. The Morgan fingerprint density at radius 3 is 3.00 bits per heavy atom. The predicted octanol–water partition coefficient (Wildman–Crippen LogP) is 2.54. The van der Waals surface area contributed by atoms with Crippen LogP contribution in [0.3, 0.4) is 0 Å². The molecule has 2 rings (SSSR count). The second kappa shape index (κ2) is 6.25. The Balaban J connectivity index is 2.01. The number of hydrogen-bond donors (Lipinski definition) is 1. The van der Waals surface area contributed by atoms with Gasteiger partial charge < -0.3 is 14.6 Å². The molecule has 1 amide bonds. The van der Waals surface area contributed by atoms with E-state index in [0.717, 1.165) is 32.5 Å². The van der Waals surface area contributed by atoms with Crippen LogP contribution in [0.25, 0.3) is 0 Å². The Bertz CT molecular complexity index is 399. The molecule has 1 N–H and O–H groups in total. The highest BCUT2D eigenvalue weighted by atomic mass is 35.5. The summed E-state index contributed by atoms with van der Waals surface area (Å²) in [5.41, 5.74) is 0. The van der Waals surface area contributed by atoms with Crippen molar-refractivity contribution in [2.75, 3.05) is 19.6 Å². The minimum atomic E-state index is -0.0718. The zero-order valence-corrected chi connectivity index (χ0v) is 11.4. The van der Waals surface area contributed by atoms with Crippen LogP contribution < -0.4 is 5.32 Å². The molecular formula is C13H19ClN2O2. The second-order valence-electron chi connectivity index (χ2n) is 4.65. The number of amides is 1. The van der Waals surface area contributed by atoms with E-state index in [0.29, 0.717) is 11.8 Å². The molecule has 1 fully saturated rings. The van der Waals surface area contributed by atoms with Gasteiger partial charge in [-0.2, -0.15) is 0 Å². The fourth-order valence-electron chi connectivity index (χ4n) is 2.31. The Labute approximate surface area is 112 Å². The number of carbonyl (C=O) groups is 1. The summed E-state index contributed by atoms with van der Waals surface area (Å²) >= 11 is 5.71. The van der Waals surface area contributed by atoms with E-state index in [9.17, 15) is 4.79 Å². The first-order valence-electron chi connectivity index (χ1n) is 6.48. The molecule has 1 saturated heterocycles. The van der Waals surface area contributed by atoms with E-state index in [-0.39, 0.29) is 11.1 Å². The molecule has 1 aliphatic rings. The highest BCUT2D eigenvalue weighted by molar-refractivity contribution is 6.29. The topological polar surface area (TPSA) is 45.5 Å². The lowest BCUT2D eigenvalue weighted by atomic mass is 10.2. The number of carbonyl (C=O) groups excluding carboxylic acids is 1. The standard InChI is InChI=1S/C13H19ClN2O2/c1-2-8-16(9-10-4-3-7-15-10)13(17)11-5-6-12(14)18-11/h5-6,10,15H,2-4,7-9H2,1H3. The summed E-state index contributed by atoms with van der Waals surface area (Å²) in [5.74, 6) is 0.254. The molecule has 0 bridgehead atoms. The lowest BCUT2D eigenvalue weighted by Gasteiger charge is -2.24. The minimum Gasteiger partial charge on any atom is -0.440 e. The van der Waals surface area contributed by atoms with Crippen molar-refractivity contribution in [3.05, 3.63) is 23.1 Å². The fraction of sp³-hybridized carbons (Fsp3) is 0.615. The Kier molecular flexibility index (Phi) is 4.66. The molecule has 0 aliphatic carbocycles. The molecule has 18 heavy (non-hydrogen) atoms. The summed E-state index contributed by atoms with van der Waals surface area (Å²) in [4.78, 5) is 14.1. The minimum absolute atomic E-state index is 0.0718. The van der Waals surface area contributed by atoms with Gasteiger partial charge in [-0.05, 0) is 49.5 Å². The molecule has 0 aromatic carbocycles. The molecule has 0 spiro atoms. The average Bonchev–Trinajstić information content (AvgIpc) is 2.99. The van der Waals surface area contributed by atoms with E-state index in [1.807, 2.05) is 4.90 Å². The number of nitrogens with zero attached hydrogens (tertiary/aromatic N) is 1. The summed E-state index contributed by atoms with van der Waals surface area (Å²) in [6.07, 6.45) is 3.25. The lowest BCUT2D eigenvalue weighted by molar-refractivity contribution is 0.0710. The molecule has 1 aromatic heterocycles. The SMILES string of the molecule is CCCN(CC1CCCN1)C(=O)c1ccc(Cl)o1. The van der Waals surface area contributed by atoms with Crippen molar-refractivity contribution in [3.8, 4) is 0 Å². The first-order chi connectivity index (χ1) is 8.70. The maximum Gasteiger partial charge on any atom is 0.289 e. The maximum absolute atomic E-state index is 12.3. The molecule has 1 atom stereocenters. The Hall–Kier alpha value is -1.00. The number of furan rings is 1. The zero-order chi connectivity index (χ0) is 13.0. The van der Waals surface area contributed by atoms with Crippen molar-refractivity contribution >= 4 is 17.5 Å². The molecule has 0 radical (unpaired) electrons. The van der Waals surface area contributed by atoms with E-state index in [1.165, 1.54) is 6.42 Å². The van der Waals surface area contributed by atoms with Gasteiger partial charge in [-0.25, -0.2) is 0 Å². The van der Waals surface area contributed by atoms with E-state index < -0.39 is 0 Å². The molecule has 2 heterocycles. The summed E-state index contributed by atoms with van der Waals surface area (Å²) in [7, 11) is 0. The lowest BCUT2D eigenvalue weighted by Crippen LogP contribution is -2.41. The van der Waals surface area contributed by atoms with Crippen LogP contribution in [0, 0.1) is 0 Å². The highest BCUT2D eigenvalue weighted by Crippen LogP contribution is 2.16. The van der Waals surface area contributed by atoms with Crippen LogP contribution in [0.4, 0.5) is 0 Å². The summed E-state index contributed by atoms with van der Waals surface area (Å²) < 4.78 is 5.19. The molecule has 1 unspecified atom stereocenters. The van der Waals surface area contributed by atoms with Crippen LogP contribution in [-0.2, 0) is 0 Å². The first kappa shape index (κ1) is 13.4. The predicted molar refractivity (Wildman–Crippen MR) is 70.9 cm³/mol. The Morgan fingerprint density at radius 1 is 1.61 bits per heavy atom. The molecule has 5 heteroatoms. The van der Waals surface area contributed by atoms with Gasteiger partial charge in [-0.1, -0.05) is 6.92 Å². The third-order valence-corrected chi connectivity index (χ3v) is 3.37. The monoisotopic (exact) mass is 270 g/mol. The second-order valence-corrected chi connectivity index (χ2v) is 5.02. The van der Waals surface area contributed by atoms with E-state index in [4.69, 9.17) is 16.0 Å². The molecule has 1 aliphatic heterocycles. The largest absolute Gasteiger partial charge is 0.440 e. The molecular weight excluding hydrogens is 252 g/mol. The number of hydrogen-bond acceptors (Lipinski definition) is 3. The van der Waals surface area contributed by atoms with Crippen LogP contribution in [0.2, 0.25) is 5.22 Å². The van der Waals surface area contributed by atoms with Crippen molar-refractivity contribution in [1.29, 1.82) is 0 Å². The van der Waals surface area contributed by atoms with Crippen LogP contribution in [0.15, 0.2) is 16.5 Å². The molecule has 4 nitrogen and oxygen atoms in total. The molecule has 1 aromatic rings. The van der Waals surface area contributed by atoms with Gasteiger partial charge in [-0.15, -0.1) is 0 Å². The number of halogens is 1. The van der Waals surface area contributed by atoms with Crippen LogP contribution in [0.5, 0.6) is 0 Å². The fourth-order valence-corrected chi connectivity index (χ4v) is 2.46. The van der Waals surface area contributed by atoms with Crippen molar-refractivity contribution in [2.45, 2.75) is 32.2 Å². The maximum atomic E-state index is 12.3. The van der Waals surface area contributed by atoms with Gasteiger partial charge in [0.05, 0.1) is 0 Å². The average molecular weight is 271 g/mol. The first-order valence-corrected chi connectivity index (χ1v) is 6.86.